The normalized spacial score (nSPS) is 10.2. The summed E-state index contributed by atoms with van der Waals surface area (Å²) >= 11 is 0. The topological polar surface area (TPSA) is 98.3 Å². The van der Waals surface area contributed by atoms with Gasteiger partial charge in [0, 0.05) is 17.3 Å². The van der Waals surface area contributed by atoms with Crippen LogP contribution >= 0.6 is 0 Å². The fourth-order valence-electron chi connectivity index (χ4n) is 1.76. The Labute approximate surface area is 119 Å². The highest BCUT2D eigenvalue weighted by atomic mass is 19.1. The molecule has 3 N–H and O–H groups in total. The highest BCUT2D eigenvalue weighted by Crippen LogP contribution is 2.27. The van der Waals surface area contributed by atoms with Crippen molar-refractivity contribution < 1.29 is 14.1 Å². The first kappa shape index (κ1) is 14.4. The number of nitrogens with two attached hydrogens (primary N) is 1. The van der Waals surface area contributed by atoms with Crippen molar-refractivity contribution in [1.82, 2.24) is 0 Å². The molecular formula is C14H12FN3O3. The molecular weight excluding hydrogens is 277 g/mol. The van der Waals surface area contributed by atoms with Gasteiger partial charge in [0.05, 0.1) is 4.92 Å². The predicted octanol–water partition coefficient (Wildman–Crippen LogP) is 2.88. The molecule has 0 aliphatic rings. The van der Waals surface area contributed by atoms with Gasteiger partial charge in [0.2, 0.25) is 0 Å². The van der Waals surface area contributed by atoms with Gasteiger partial charge in [-0.1, -0.05) is 12.1 Å². The maximum atomic E-state index is 13.7. The van der Waals surface area contributed by atoms with E-state index in [2.05, 4.69) is 5.32 Å². The number of carbonyl (C=O) groups is 1. The molecule has 0 aromatic heterocycles. The lowest BCUT2D eigenvalue weighted by atomic mass is 10.1. The lowest BCUT2D eigenvalue weighted by Crippen LogP contribution is -2.14. The fraction of sp³-hybridized carbons (Fsp3) is 0.0714. The summed E-state index contributed by atoms with van der Waals surface area (Å²) in [5.74, 6) is -1.55. The average molecular weight is 289 g/mol. The van der Waals surface area contributed by atoms with E-state index in [1.54, 1.807) is 13.0 Å². The molecule has 0 saturated heterocycles. The highest BCUT2D eigenvalue weighted by Gasteiger charge is 2.20. The molecule has 1 amide bonds. The van der Waals surface area contributed by atoms with Gasteiger partial charge in [0.1, 0.15) is 0 Å². The number of carbonyl (C=O) groups excluding carboxylic acids is 1. The molecule has 0 radical (unpaired) electrons. The van der Waals surface area contributed by atoms with E-state index in [0.717, 1.165) is 17.7 Å². The molecule has 0 aliphatic carbocycles. The first-order valence-electron chi connectivity index (χ1n) is 6.00. The summed E-state index contributed by atoms with van der Waals surface area (Å²) in [7, 11) is 0. The van der Waals surface area contributed by atoms with Crippen molar-refractivity contribution in [1.29, 1.82) is 0 Å². The van der Waals surface area contributed by atoms with E-state index in [1.165, 1.54) is 18.2 Å². The number of benzene rings is 2. The number of aryl methyl sites for hydroxylation is 1. The largest absolute Gasteiger partial charge is 0.398 e. The Morgan fingerprint density at radius 2 is 2.05 bits per heavy atom. The molecule has 0 saturated carbocycles. The number of amides is 1. The second kappa shape index (κ2) is 5.58. The number of nitrogens with one attached hydrogen (secondary N) is 1. The quantitative estimate of drug-likeness (QED) is 0.515. The second-order valence-electron chi connectivity index (χ2n) is 4.42. The molecule has 0 aliphatic heterocycles. The zero-order chi connectivity index (χ0) is 15.6. The Morgan fingerprint density at radius 1 is 1.33 bits per heavy atom. The highest BCUT2D eigenvalue weighted by molar-refractivity contribution is 6.06. The third-order valence-electron chi connectivity index (χ3n) is 2.97. The fourth-order valence-corrected chi connectivity index (χ4v) is 1.76. The van der Waals surface area contributed by atoms with Crippen molar-refractivity contribution in [3.8, 4) is 0 Å². The Hall–Kier alpha value is -2.96. The number of rotatable bonds is 3. The Bertz CT molecular complexity index is 731. The Morgan fingerprint density at radius 3 is 2.67 bits per heavy atom. The smallest absolute Gasteiger partial charge is 0.295 e. The molecule has 0 spiro atoms. The molecule has 0 atom stereocenters. The summed E-state index contributed by atoms with van der Waals surface area (Å²) in [6, 6.07) is 7.92. The van der Waals surface area contributed by atoms with E-state index in [0.29, 0.717) is 5.69 Å². The van der Waals surface area contributed by atoms with Crippen LogP contribution in [0.4, 0.5) is 21.5 Å². The number of nitro groups is 1. The zero-order valence-electron chi connectivity index (χ0n) is 11.1. The van der Waals surface area contributed by atoms with Gasteiger partial charge in [-0.3, -0.25) is 14.9 Å². The molecule has 108 valence electrons. The van der Waals surface area contributed by atoms with Crippen molar-refractivity contribution in [2.24, 2.45) is 0 Å². The van der Waals surface area contributed by atoms with Gasteiger partial charge in [-0.15, -0.1) is 0 Å². The van der Waals surface area contributed by atoms with Crippen molar-refractivity contribution >= 4 is 23.0 Å². The van der Waals surface area contributed by atoms with Crippen LogP contribution in [0.2, 0.25) is 0 Å². The Kier molecular flexibility index (Phi) is 3.84. The van der Waals surface area contributed by atoms with E-state index in [4.69, 9.17) is 5.73 Å². The molecule has 2 aromatic rings. The molecule has 7 heteroatoms. The SMILES string of the molecule is Cc1ccc(C(=O)Nc2c(F)cccc2[N+](=O)[O-])cc1N. The number of nitro benzene ring substituents is 1. The second-order valence-corrected chi connectivity index (χ2v) is 4.42. The number of halogens is 1. The lowest BCUT2D eigenvalue weighted by Gasteiger charge is -2.08. The van der Waals surface area contributed by atoms with E-state index in [-0.39, 0.29) is 5.56 Å². The van der Waals surface area contributed by atoms with Crippen LogP contribution in [0.3, 0.4) is 0 Å². The third-order valence-corrected chi connectivity index (χ3v) is 2.97. The number of para-hydroxylation sites is 1. The first-order chi connectivity index (χ1) is 9.90. The van der Waals surface area contributed by atoms with Crippen LogP contribution < -0.4 is 11.1 Å². The van der Waals surface area contributed by atoms with Crippen LogP contribution in [0, 0.1) is 22.9 Å². The molecule has 6 nitrogen and oxygen atoms in total. The van der Waals surface area contributed by atoms with E-state index in [9.17, 15) is 19.3 Å². The van der Waals surface area contributed by atoms with Crippen LogP contribution in [0.5, 0.6) is 0 Å². The van der Waals surface area contributed by atoms with Crippen molar-refractivity contribution in [2.75, 3.05) is 11.1 Å². The summed E-state index contributed by atoms with van der Waals surface area (Å²) in [6.45, 7) is 1.78. The number of anilines is 2. The van der Waals surface area contributed by atoms with Crippen molar-refractivity contribution in [3.63, 3.8) is 0 Å². The summed E-state index contributed by atoms with van der Waals surface area (Å²) in [6.07, 6.45) is 0. The van der Waals surface area contributed by atoms with Crippen LogP contribution in [0.1, 0.15) is 15.9 Å². The lowest BCUT2D eigenvalue weighted by molar-refractivity contribution is -0.384. The van der Waals surface area contributed by atoms with Crippen LogP contribution in [-0.2, 0) is 0 Å². The Balaban J connectivity index is 2.36. The summed E-state index contributed by atoms with van der Waals surface area (Å²) in [5, 5.41) is 13.1. The molecule has 21 heavy (non-hydrogen) atoms. The van der Waals surface area contributed by atoms with Gasteiger partial charge >= 0.3 is 0 Å². The summed E-state index contributed by atoms with van der Waals surface area (Å²) in [4.78, 5) is 22.1. The van der Waals surface area contributed by atoms with E-state index in [1.807, 2.05) is 0 Å². The minimum Gasteiger partial charge on any atom is -0.398 e. The van der Waals surface area contributed by atoms with Gasteiger partial charge in [-0.25, -0.2) is 4.39 Å². The van der Waals surface area contributed by atoms with Crippen molar-refractivity contribution in [2.45, 2.75) is 6.92 Å². The zero-order valence-corrected chi connectivity index (χ0v) is 11.1. The van der Waals surface area contributed by atoms with Gasteiger partial charge in [0.25, 0.3) is 11.6 Å². The minimum absolute atomic E-state index is 0.190. The maximum Gasteiger partial charge on any atom is 0.295 e. The average Bonchev–Trinajstić information content (AvgIpc) is 2.43. The summed E-state index contributed by atoms with van der Waals surface area (Å²) < 4.78 is 13.7. The van der Waals surface area contributed by atoms with Crippen LogP contribution in [0.25, 0.3) is 0 Å². The molecule has 2 aromatic carbocycles. The monoisotopic (exact) mass is 289 g/mol. The van der Waals surface area contributed by atoms with Gasteiger partial charge in [-0.05, 0) is 30.7 Å². The summed E-state index contributed by atoms with van der Waals surface area (Å²) in [5.41, 5.74) is 6.11. The van der Waals surface area contributed by atoms with Crippen LogP contribution in [-0.4, -0.2) is 10.8 Å². The number of nitrogen functional groups attached to an aromatic ring is 1. The number of hydrogen-bond acceptors (Lipinski definition) is 4. The van der Waals surface area contributed by atoms with E-state index >= 15 is 0 Å². The number of hydrogen-bond donors (Lipinski definition) is 2. The molecule has 0 unspecified atom stereocenters. The molecule has 0 heterocycles. The predicted molar refractivity (Wildman–Crippen MR) is 76.6 cm³/mol. The number of nitrogens with zero attached hydrogens (tertiary/aromatic N) is 1. The van der Waals surface area contributed by atoms with E-state index < -0.39 is 28.0 Å². The molecule has 0 fully saturated rings. The van der Waals surface area contributed by atoms with Gasteiger partial charge < -0.3 is 11.1 Å². The maximum absolute atomic E-state index is 13.7. The standard InChI is InChI=1S/C14H12FN3O3/c1-8-5-6-9(7-11(8)16)14(19)17-13-10(15)3-2-4-12(13)18(20)21/h2-7H,16H2,1H3,(H,17,19). The third kappa shape index (κ3) is 2.97. The van der Waals surface area contributed by atoms with Gasteiger partial charge in [0.15, 0.2) is 11.5 Å². The molecule has 0 bridgehead atoms. The minimum atomic E-state index is -0.877. The van der Waals surface area contributed by atoms with Gasteiger partial charge in [-0.2, -0.15) is 0 Å². The van der Waals surface area contributed by atoms with Crippen molar-refractivity contribution in [3.05, 3.63) is 63.5 Å². The first-order valence-corrected chi connectivity index (χ1v) is 6.00. The van der Waals surface area contributed by atoms with Crippen LogP contribution in [0.15, 0.2) is 36.4 Å². The molecule has 2 rings (SSSR count).